The maximum absolute atomic E-state index is 13.1. The Morgan fingerprint density at radius 2 is 1.85 bits per heavy atom. The van der Waals surface area contributed by atoms with Gasteiger partial charge < -0.3 is 9.84 Å². The van der Waals surface area contributed by atoms with Gasteiger partial charge in [-0.1, -0.05) is 12.1 Å². The van der Waals surface area contributed by atoms with E-state index in [4.69, 9.17) is 4.74 Å². The Hall–Kier alpha value is -3.55. The quantitative estimate of drug-likeness (QED) is 0.399. The van der Waals surface area contributed by atoms with E-state index in [9.17, 15) is 18.3 Å². The molecule has 33 heavy (non-hydrogen) atoms. The number of hydrogen-bond donors (Lipinski definition) is 1. The summed E-state index contributed by atoms with van der Waals surface area (Å²) in [6.45, 7) is 2.10. The first-order chi connectivity index (χ1) is 15.7. The zero-order valence-corrected chi connectivity index (χ0v) is 18.1. The number of ether oxygens (including phenoxy) is 1. The van der Waals surface area contributed by atoms with Crippen molar-refractivity contribution < 1.29 is 23.0 Å². The van der Waals surface area contributed by atoms with Crippen LogP contribution in [-0.4, -0.2) is 27.0 Å². The SMILES string of the molecule is COc1ccc(Cn2cc3c(C4CC4)cc(-c4c(C)cc(C(F)(F)F)cc4O)nc3n2)cc1. The lowest BCUT2D eigenvalue weighted by molar-refractivity contribution is -0.137. The number of alkyl halides is 3. The van der Waals surface area contributed by atoms with Crippen LogP contribution in [0.15, 0.2) is 48.7 Å². The van der Waals surface area contributed by atoms with E-state index < -0.39 is 17.5 Å². The van der Waals surface area contributed by atoms with E-state index in [1.165, 1.54) is 0 Å². The molecule has 1 fully saturated rings. The zero-order valence-electron chi connectivity index (χ0n) is 18.1. The van der Waals surface area contributed by atoms with E-state index in [1.54, 1.807) is 14.0 Å². The maximum atomic E-state index is 13.1. The largest absolute Gasteiger partial charge is 0.507 e. The molecule has 2 aromatic heterocycles. The Balaban J connectivity index is 1.57. The lowest BCUT2D eigenvalue weighted by Crippen LogP contribution is -2.06. The number of aromatic nitrogens is 3. The highest BCUT2D eigenvalue weighted by Crippen LogP contribution is 2.45. The van der Waals surface area contributed by atoms with Crippen molar-refractivity contribution in [3.8, 4) is 22.8 Å². The average molecular weight is 453 g/mol. The topological polar surface area (TPSA) is 60.2 Å². The number of phenols is 1. The molecule has 1 saturated carbocycles. The molecule has 0 bridgehead atoms. The monoisotopic (exact) mass is 453 g/mol. The van der Waals surface area contributed by atoms with Crippen molar-refractivity contribution in [3.63, 3.8) is 0 Å². The van der Waals surface area contributed by atoms with E-state index in [0.717, 1.165) is 47.2 Å². The van der Waals surface area contributed by atoms with Crippen LogP contribution in [0.4, 0.5) is 13.2 Å². The second kappa shape index (κ2) is 7.79. The van der Waals surface area contributed by atoms with Crippen molar-refractivity contribution >= 4 is 11.0 Å². The summed E-state index contributed by atoms with van der Waals surface area (Å²) in [5.74, 6) is 0.705. The summed E-state index contributed by atoms with van der Waals surface area (Å²) >= 11 is 0. The first kappa shape index (κ1) is 21.3. The molecule has 0 unspecified atom stereocenters. The van der Waals surface area contributed by atoms with Crippen LogP contribution in [0.25, 0.3) is 22.3 Å². The number of aryl methyl sites for hydroxylation is 1. The average Bonchev–Trinajstić information content (AvgIpc) is 3.52. The van der Waals surface area contributed by atoms with Gasteiger partial charge in [0.25, 0.3) is 0 Å². The number of hydrogen-bond acceptors (Lipinski definition) is 4. The Morgan fingerprint density at radius 3 is 2.45 bits per heavy atom. The van der Waals surface area contributed by atoms with Gasteiger partial charge in [0.2, 0.25) is 0 Å². The lowest BCUT2D eigenvalue weighted by Gasteiger charge is -2.14. The third-order valence-electron chi connectivity index (χ3n) is 5.99. The van der Waals surface area contributed by atoms with Crippen LogP contribution >= 0.6 is 0 Å². The number of halogens is 3. The van der Waals surface area contributed by atoms with E-state index in [-0.39, 0.29) is 0 Å². The number of pyridine rings is 1. The fourth-order valence-electron chi connectivity index (χ4n) is 4.19. The number of fused-ring (bicyclic) bond motifs is 1. The highest BCUT2D eigenvalue weighted by molar-refractivity contribution is 5.84. The highest BCUT2D eigenvalue weighted by atomic mass is 19.4. The Labute approximate surface area is 188 Å². The van der Waals surface area contributed by atoms with Gasteiger partial charge in [-0.15, -0.1) is 0 Å². The molecule has 1 aliphatic carbocycles. The van der Waals surface area contributed by atoms with Crippen molar-refractivity contribution in [2.45, 2.75) is 38.4 Å². The molecule has 0 atom stereocenters. The molecule has 2 heterocycles. The van der Waals surface area contributed by atoms with Gasteiger partial charge in [-0.25, -0.2) is 4.98 Å². The van der Waals surface area contributed by atoms with E-state index in [0.29, 0.717) is 34.9 Å². The molecule has 1 aliphatic rings. The predicted octanol–water partition coefficient (Wildman–Crippen LogP) is 6.07. The molecular formula is C25H22F3N3O2. The van der Waals surface area contributed by atoms with Crippen LogP contribution in [0.2, 0.25) is 0 Å². The number of rotatable bonds is 5. The van der Waals surface area contributed by atoms with E-state index in [2.05, 4.69) is 10.1 Å². The Morgan fingerprint density at radius 1 is 1.12 bits per heavy atom. The van der Waals surface area contributed by atoms with Gasteiger partial charge in [0.1, 0.15) is 11.5 Å². The van der Waals surface area contributed by atoms with Gasteiger partial charge in [-0.3, -0.25) is 4.68 Å². The van der Waals surface area contributed by atoms with Crippen LogP contribution in [0.1, 0.15) is 41.0 Å². The normalized spacial score (nSPS) is 14.1. The zero-order chi connectivity index (χ0) is 23.3. The Kier molecular flexibility index (Phi) is 5.03. The number of aromatic hydroxyl groups is 1. The summed E-state index contributed by atoms with van der Waals surface area (Å²) < 4.78 is 46.5. The molecule has 4 aromatic rings. The summed E-state index contributed by atoms with van der Waals surface area (Å²) in [7, 11) is 1.62. The van der Waals surface area contributed by atoms with Crippen LogP contribution < -0.4 is 4.74 Å². The summed E-state index contributed by atoms with van der Waals surface area (Å²) in [5.41, 5.74) is 2.80. The summed E-state index contributed by atoms with van der Waals surface area (Å²) in [4.78, 5) is 4.63. The van der Waals surface area contributed by atoms with Gasteiger partial charge >= 0.3 is 6.18 Å². The Bertz CT molecular complexity index is 1320. The highest BCUT2D eigenvalue weighted by Gasteiger charge is 2.33. The van der Waals surface area contributed by atoms with Gasteiger partial charge in [0.15, 0.2) is 5.65 Å². The third-order valence-corrected chi connectivity index (χ3v) is 5.99. The third kappa shape index (κ3) is 4.13. The number of nitrogens with zero attached hydrogens (tertiary/aromatic N) is 3. The first-order valence-corrected chi connectivity index (χ1v) is 10.6. The standard InChI is InChI=1S/C25H22F3N3O2/c1-14-9-17(25(26,27)28)10-22(32)23(14)21-11-19(16-5-6-16)20-13-31(30-24(20)29-21)12-15-3-7-18(33-2)8-4-15/h3-4,7-11,13,16,32H,5-6,12H2,1-2H3. The second-order valence-corrected chi connectivity index (χ2v) is 8.47. The summed E-state index contributed by atoms with van der Waals surface area (Å²) in [6, 6.07) is 11.4. The fraction of sp³-hybridized carbons (Fsp3) is 0.280. The molecule has 8 heteroatoms. The molecule has 5 nitrogen and oxygen atoms in total. The van der Waals surface area contributed by atoms with Crippen molar-refractivity contribution in [2.24, 2.45) is 0 Å². The van der Waals surface area contributed by atoms with Gasteiger partial charge in [-0.05, 0) is 72.7 Å². The number of phenolic OH excluding ortho intramolecular Hbond substituents is 1. The molecule has 0 aliphatic heterocycles. The van der Waals surface area contributed by atoms with Crippen molar-refractivity contribution in [2.75, 3.05) is 7.11 Å². The minimum atomic E-state index is -4.53. The van der Waals surface area contributed by atoms with Crippen molar-refractivity contribution in [3.05, 3.63) is 70.9 Å². The molecule has 0 amide bonds. The van der Waals surface area contributed by atoms with E-state index >= 15 is 0 Å². The van der Waals surface area contributed by atoms with Crippen LogP contribution in [0, 0.1) is 6.92 Å². The molecule has 2 aromatic carbocycles. The summed E-state index contributed by atoms with van der Waals surface area (Å²) in [6.07, 6.45) is -0.485. The summed E-state index contributed by atoms with van der Waals surface area (Å²) in [5, 5.41) is 16.0. The molecule has 5 rings (SSSR count). The fourth-order valence-corrected chi connectivity index (χ4v) is 4.19. The molecule has 170 valence electrons. The second-order valence-electron chi connectivity index (χ2n) is 8.47. The smallest absolute Gasteiger partial charge is 0.416 e. The predicted molar refractivity (Wildman–Crippen MR) is 118 cm³/mol. The molecule has 1 N–H and O–H groups in total. The lowest BCUT2D eigenvalue weighted by atomic mass is 9.98. The van der Waals surface area contributed by atoms with Crippen LogP contribution in [-0.2, 0) is 12.7 Å². The van der Waals surface area contributed by atoms with Crippen molar-refractivity contribution in [1.82, 2.24) is 14.8 Å². The van der Waals surface area contributed by atoms with Gasteiger partial charge in [0.05, 0.1) is 24.9 Å². The van der Waals surface area contributed by atoms with Crippen LogP contribution in [0.3, 0.4) is 0 Å². The number of benzene rings is 2. The van der Waals surface area contributed by atoms with Gasteiger partial charge in [0, 0.05) is 17.1 Å². The van der Waals surface area contributed by atoms with Crippen molar-refractivity contribution in [1.29, 1.82) is 0 Å². The molecular weight excluding hydrogens is 431 g/mol. The molecule has 0 radical (unpaired) electrons. The minimum absolute atomic E-state index is 0.302. The number of methoxy groups -OCH3 is 1. The molecule has 0 spiro atoms. The molecule has 0 saturated heterocycles. The minimum Gasteiger partial charge on any atom is -0.507 e. The van der Waals surface area contributed by atoms with E-state index in [1.807, 2.05) is 41.2 Å². The van der Waals surface area contributed by atoms with Gasteiger partial charge in [-0.2, -0.15) is 18.3 Å². The van der Waals surface area contributed by atoms with Crippen LogP contribution in [0.5, 0.6) is 11.5 Å². The first-order valence-electron chi connectivity index (χ1n) is 10.6. The maximum Gasteiger partial charge on any atom is 0.416 e.